The summed E-state index contributed by atoms with van der Waals surface area (Å²) >= 11 is 0. The van der Waals surface area contributed by atoms with Crippen LogP contribution in [-0.4, -0.2) is 0 Å². The Balaban J connectivity index is 0.000000810. The van der Waals surface area contributed by atoms with Gasteiger partial charge in [0, 0.05) is 0 Å². The van der Waals surface area contributed by atoms with E-state index in [4.69, 9.17) is 0 Å². The van der Waals surface area contributed by atoms with Crippen molar-refractivity contribution in [2.45, 2.75) is 6.92 Å². The van der Waals surface area contributed by atoms with Crippen LogP contribution in [0, 0.1) is 0 Å². The highest BCUT2D eigenvalue weighted by molar-refractivity contribution is 8.93. The quantitative estimate of drug-likeness (QED) is 0.650. The van der Waals surface area contributed by atoms with Gasteiger partial charge in [-0.3, -0.25) is 0 Å². The van der Waals surface area contributed by atoms with Crippen molar-refractivity contribution in [3.8, 4) is 0 Å². The van der Waals surface area contributed by atoms with Crippen molar-refractivity contribution in [3.63, 3.8) is 0 Å². The first kappa shape index (κ1) is 9.44. The monoisotopic (exact) mass is 198 g/mol. The first-order valence-corrected chi connectivity index (χ1v) is 3.01. The Hall–Kier alpha value is -0.560. The van der Waals surface area contributed by atoms with Crippen molar-refractivity contribution in [3.05, 3.63) is 42.5 Å². The molecule has 1 rings (SSSR count). The summed E-state index contributed by atoms with van der Waals surface area (Å²) in [5, 5.41) is 0. The van der Waals surface area contributed by atoms with E-state index in [1.807, 2.05) is 25.1 Å². The predicted octanol–water partition coefficient (Wildman–Crippen LogP) is 3.30. The highest BCUT2D eigenvalue weighted by Crippen LogP contribution is 2.08. The second-order valence-electron chi connectivity index (χ2n) is 2.15. The Kier molecular flexibility index (Phi) is 4.05. The Morgan fingerprint density at radius 2 is 1.70 bits per heavy atom. The SMILES string of the molecule is Br.C=C(C)c1ccccc1. The Labute approximate surface area is 72.3 Å². The van der Waals surface area contributed by atoms with Crippen LogP contribution in [0.2, 0.25) is 0 Å². The highest BCUT2D eigenvalue weighted by Gasteiger charge is 1.86. The molecule has 0 radical (unpaired) electrons. The van der Waals surface area contributed by atoms with Gasteiger partial charge in [0.05, 0.1) is 0 Å². The summed E-state index contributed by atoms with van der Waals surface area (Å²) < 4.78 is 0. The third kappa shape index (κ3) is 2.36. The molecule has 0 spiro atoms. The van der Waals surface area contributed by atoms with E-state index < -0.39 is 0 Å². The zero-order chi connectivity index (χ0) is 6.69. The maximum Gasteiger partial charge on any atom is -0.0233 e. The van der Waals surface area contributed by atoms with Crippen LogP contribution in [0.15, 0.2) is 36.9 Å². The number of benzene rings is 1. The predicted molar refractivity (Wildman–Crippen MR) is 51.5 cm³/mol. The zero-order valence-corrected chi connectivity index (χ0v) is 7.72. The Morgan fingerprint density at radius 1 is 1.20 bits per heavy atom. The first-order valence-electron chi connectivity index (χ1n) is 3.01. The summed E-state index contributed by atoms with van der Waals surface area (Å²) in [5.41, 5.74) is 2.34. The maximum absolute atomic E-state index is 3.83. The average Bonchev–Trinajstić information content (AvgIpc) is 1.90. The molecular weight excluding hydrogens is 188 g/mol. The molecule has 1 heteroatoms. The van der Waals surface area contributed by atoms with E-state index >= 15 is 0 Å². The maximum atomic E-state index is 3.83. The minimum Gasteiger partial charge on any atom is -0.114 e. The lowest BCUT2D eigenvalue weighted by atomic mass is 10.1. The van der Waals surface area contributed by atoms with Gasteiger partial charge in [0.15, 0.2) is 0 Å². The fraction of sp³-hybridized carbons (Fsp3) is 0.111. The van der Waals surface area contributed by atoms with Crippen LogP contribution in [-0.2, 0) is 0 Å². The molecule has 0 aromatic heterocycles. The van der Waals surface area contributed by atoms with Crippen molar-refractivity contribution in [1.82, 2.24) is 0 Å². The van der Waals surface area contributed by atoms with Crippen molar-refractivity contribution in [1.29, 1.82) is 0 Å². The van der Waals surface area contributed by atoms with Gasteiger partial charge < -0.3 is 0 Å². The molecule has 1 aromatic rings. The molecule has 0 saturated heterocycles. The number of rotatable bonds is 1. The van der Waals surface area contributed by atoms with Gasteiger partial charge in [-0.25, -0.2) is 0 Å². The van der Waals surface area contributed by atoms with Crippen LogP contribution in [0.1, 0.15) is 12.5 Å². The van der Waals surface area contributed by atoms with E-state index in [2.05, 4.69) is 18.7 Å². The second-order valence-corrected chi connectivity index (χ2v) is 2.15. The normalized spacial score (nSPS) is 8.10. The topological polar surface area (TPSA) is 0 Å². The largest absolute Gasteiger partial charge is 0.114 e. The summed E-state index contributed by atoms with van der Waals surface area (Å²) in [5.74, 6) is 0. The van der Waals surface area contributed by atoms with Crippen molar-refractivity contribution >= 4 is 22.6 Å². The summed E-state index contributed by atoms with van der Waals surface area (Å²) in [6.07, 6.45) is 0. The van der Waals surface area contributed by atoms with Crippen LogP contribution >= 0.6 is 17.0 Å². The molecule has 54 valence electrons. The second kappa shape index (κ2) is 4.29. The molecule has 0 aliphatic heterocycles. The summed E-state index contributed by atoms with van der Waals surface area (Å²) in [7, 11) is 0. The molecule has 0 fully saturated rings. The molecule has 0 atom stereocenters. The van der Waals surface area contributed by atoms with E-state index in [-0.39, 0.29) is 17.0 Å². The van der Waals surface area contributed by atoms with Gasteiger partial charge in [-0.15, -0.1) is 17.0 Å². The molecule has 0 nitrogen and oxygen atoms in total. The van der Waals surface area contributed by atoms with Crippen molar-refractivity contribution in [2.75, 3.05) is 0 Å². The molecular formula is C9H11Br. The number of halogens is 1. The van der Waals surface area contributed by atoms with Gasteiger partial charge in [-0.1, -0.05) is 42.5 Å². The van der Waals surface area contributed by atoms with Gasteiger partial charge in [-0.05, 0) is 12.5 Å². The van der Waals surface area contributed by atoms with Crippen molar-refractivity contribution in [2.24, 2.45) is 0 Å². The van der Waals surface area contributed by atoms with E-state index in [1.54, 1.807) is 0 Å². The van der Waals surface area contributed by atoms with Gasteiger partial charge in [0.2, 0.25) is 0 Å². The minimum absolute atomic E-state index is 0. The zero-order valence-electron chi connectivity index (χ0n) is 6.00. The molecule has 0 aliphatic carbocycles. The molecule has 0 unspecified atom stereocenters. The number of allylic oxidation sites excluding steroid dienone is 1. The summed E-state index contributed by atoms with van der Waals surface area (Å²) in [6.45, 7) is 5.83. The number of hydrogen-bond donors (Lipinski definition) is 0. The number of hydrogen-bond acceptors (Lipinski definition) is 0. The van der Waals surface area contributed by atoms with Gasteiger partial charge >= 0.3 is 0 Å². The summed E-state index contributed by atoms with van der Waals surface area (Å²) in [4.78, 5) is 0. The van der Waals surface area contributed by atoms with Gasteiger partial charge in [0.25, 0.3) is 0 Å². The van der Waals surface area contributed by atoms with Gasteiger partial charge in [0.1, 0.15) is 0 Å². The molecule has 0 N–H and O–H groups in total. The van der Waals surface area contributed by atoms with E-state index in [0.717, 1.165) is 5.57 Å². The lowest BCUT2D eigenvalue weighted by Gasteiger charge is -1.94. The summed E-state index contributed by atoms with van der Waals surface area (Å²) in [6, 6.07) is 10.2. The fourth-order valence-corrected chi connectivity index (χ4v) is 0.723. The molecule has 0 amide bonds. The minimum atomic E-state index is 0. The van der Waals surface area contributed by atoms with Crippen LogP contribution < -0.4 is 0 Å². The van der Waals surface area contributed by atoms with Gasteiger partial charge in [-0.2, -0.15) is 0 Å². The molecule has 10 heavy (non-hydrogen) atoms. The highest BCUT2D eigenvalue weighted by atomic mass is 79.9. The van der Waals surface area contributed by atoms with Crippen LogP contribution in [0.5, 0.6) is 0 Å². The molecule has 0 aliphatic rings. The Bertz CT molecular complexity index is 201. The third-order valence-corrected chi connectivity index (χ3v) is 1.27. The Morgan fingerprint density at radius 3 is 2.00 bits per heavy atom. The first-order chi connectivity index (χ1) is 4.30. The molecule has 0 bridgehead atoms. The van der Waals surface area contributed by atoms with Crippen LogP contribution in [0.4, 0.5) is 0 Å². The molecule has 0 heterocycles. The van der Waals surface area contributed by atoms with E-state index in [9.17, 15) is 0 Å². The van der Waals surface area contributed by atoms with Crippen LogP contribution in [0.25, 0.3) is 5.57 Å². The smallest absolute Gasteiger partial charge is 0.0233 e. The lowest BCUT2D eigenvalue weighted by Crippen LogP contribution is -1.72. The lowest BCUT2D eigenvalue weighted by molar-refractivity contribution is 1.58. The molecule has 1 aromatic carbocycles. The fourth-order valence-electron chi connectivity index (χ4n) is 0.723. The molecule has 0 saturated carbocycles. The third-order valence-electron chi connectivity index (χ3n) is 1.27. The van der Waals surface area contributed by atoms with Crippen LogP contribution in [0.3, 0.4) is 0 Å². The average molecular weight is 199 g/mol. The van der Waals surface area contributed by atoms with Crippen molar-refractivity contribution < 1.29 is 0 Å². The van der Waals surface area contributed by atoms with E-state index in [0.29, 0.717) is 0 Å². The van der Waals surface area contributed by atoms with E-state index in [1.165, 1.54) is 5.56 Å². The standard InChI is InChI=1S/C9H10.BrH/c1-8(2)9-6-4-3-5-7-9;/h3-7H,1H2,2H3;1H.